The van der Waals surface area contributed by atoms with Crippen molar-refractivity contribution < 1.29 is 32.4 Å². The number of carbonyl (C=O) groups is 2. The molecule has 0 unspecified atom stereocenters. The van der Waals surface area contributed by atoms with E-state index in [0.29, 0.717) is 6.07 Å². The number of nitrogens with zero attached hydrogens (tertiary/aromatic N) is 1. The molecule has 2 aromatic carbocycles. The molecule has 0 aliphatic carbocycles. The number of methoxy groups -OCH3 is 1. The molecule has 8 nitrogen and oxygen atoms in total. The third kappa shape index (κ3) is 3.88. The summed E-state index contributed by atoms with van der Waals surface area (Å²) in [5, 5.41) is 14.6. The minimum Gasteiger partial charge on any atom is -0.494 e. The van der Waals surface area contributed by atoms with Crippen LogP contribution in [0.3, 0.4) is 0 Å². The zero-order valence-electron chi connectivity index (χ0n) is 13.0. The SMILES string of the molecule is COc1cc([N+](=O)[O-])ccc1NC(=O)C(=O)Nc1ccc(F)c(F)c1F. The zero-order valence-corrected chi connectivity index (χ0v) is 13.0. The van der Waals surface area contributed by atoms with Crippen LogP contribution in [0, 0.1) is 27.6 Å². The Morgan fingerprint density at radius 3 is 2.15 bits per heavy atom. The molecule has 0 aromatic heterocycles. The summed E-state index contributed by atoms with van der Waals surface area (Å²) in [6.45, 7) is 0. The van der Waals surface area contributed by atoms with Crippen molar-refractivity contribution in [3.63, 3.8) is 0 Å². The number of nitro benzene ring substituents is 1. The van der Waals surface area contributed by atoms with Crippen LogP contribution in [0.15, 0.2) is 30.3 Å². The van der Waals surface area contributed by atoms with Gasteiger partial charge in [-0.25, -0.2) is 13.2 Å². The number of rotatable bonds is 4. The van der Waals surface area contributed by atoms with Crippen LogP contribution in [-0.2, 0) is 9.59 Å². The first kappa shape index (κ1) is 18.7. The summed E-state index contributed by atoms with van der Waals surface area (Å²) in [7, 11) is 1.19. The summed E-state index contributed by atoms with van der Waals surface area (Å²) in [4.78, 5) is 33.7. The van der Waals surface area contributed by atoms with Crippen molar-refractivity contribution in [2.24, 2.45) is 0 Å². The molecule has 0 aliphatic rings. The van der Waals surface area contributed by atoms with E-state index in [-0.39, 0.29) is 17.1 Å². The van der Waals surface area contributed by atoms with Crippen molar-refractivity contribution >= 4 is 28.9 Å². The van der Waals surface area contributed by atoms with Gasteiger partial charge in [0.15, 0.2) is 17.5 Å². The molecule has 0 saturated carbocycles. The lowest BCUT2D eigenvalue weighted by Crippen LogP contribution is -2.29. The predicted octanol–water partition coefficient (Wildman–Crippen LogP) is 2.60. The van der Waals surface area contributed by atoms with Crippen molar-refractivity contribution in [2.75, 3.05) is 17.7 Å². The first-order valence-electron chi connectivity index (χ1n) is 6.83. The lowest BCUT2D eigenvalue weighted by molar-refractivity contribution is -0.384. The molecule has 11 heteroatoms. The molecule has 0 radical (unpaired) electrons. The van der Waals surface area contributed by atoms with Crippen LogP contribution in [0.4, 0.5) is 30.2 Å². The molecule has 0 bridgehead atoms. The number of benzene rings is 2. The zero-order chi connectivity index (χ0) is 19.4. The Morgan fingerprint density at radius 1 is 1.00 bits per heavy atom. The van der Waals surface area contributed by atoms with Gasteiger partial charge in [-0.15, -0.1) is 0 Å². The van der Waals surface area contributed by atoms with E-state index in [4.69, 9.17) is 4.74 Å². The van der Waals surface area contributed by atoms with E-state index < -0.39 is 39.9 Å². The normalized spacial score (nSPS) is 10.2. The minimum atomic E-state index is -1.81. The highest BCUT2D eigenvalue weighted by Gasteiger charge is 2.21. The first-order chi connectivity index (χ1) is 12.2. The maximum atomic E-state index is 13.5. The van der Waals surface area contributed by atoms with Gasteiger partial charge in [0, 0.05) is 6.07 Å². The van der Waals surface area contributed by atoms with Gasteiger partial charge >= 0.3 is 11.8 Å². The Hall–Kier alpha value is -3.63. The van der Waals surface area contributed by atoms with E-state index in [0.717, 1.165) is 24.3 Å². The van der Waals surface area contributed by atoms with Crippen molar-refractivity contribution in [1.82, 2.24) is 0 Å². The highest BCUT2D eigenvalue weighted by molar-refractivity contribution is 6.43. The standard InChI is InChI=1S/C15H10F3N3O5/c1-26-11-6-7(21(24)25)2-4-9(11)19-14(22)15(23)20-10-5-3-8(16)12(17)13(10)18/h2-6H,1H3,(H,19,22)(H,20,23). The van der Waals surface area contributed by atoms with Crippen LogP contribution in [0.1, 0.15) is 0 Å². The van der Waals surface area contributed by atoms with Gasteiger partial charge in [-0.2, -0.15) is 0 Å². The van der Waals surface area contributed by atoms with Gasteiger partial charge in [-0.3, -0.25) is 19.7 Å². The van der Waals surface area contributed by atoms with Gasteiger partial charge in [0.05, 0.1) is 29.5 Å². The molecule has 136 valence electrons. The second kappa shape index (κ2) is 7.51. The lowest BCUT2D eigenvalue weighted by Gasteiger charge is -2.10. The predicted molar refractivity (Wildman–Crippen MR) is 83.2 cm³/mol. The minimum absolute atomic E-state index is 0.0657. The third-order valence-electron chi connectivity index (χ3n) is 3.13. The van der Waals surface area contributed by atoms with E-state index in [1.165, 1.54) is 7.11 Å². The topological polar surface area (TPSA) is 111 Å². The summed E-state index contributed by atoms with van der Waals surface area (Å²) < 4.78 is 44.4. The van der Waals surface area contributed by atoms with E-state index in [1.807, 2.05) is 0 Å². The van der Waals surface area contributed by atoms with Crippen LogP contribution in [0.25, 0.3) is 0 Å². The molecule has 26 heavy (non-hydrogen) atoms. The quantitative estimate of drug-likeness (QED) is 0.373. The average Bonchev–Trinajstić information content (AvgIpc) is 2.62. The van der Waals surface area contributed by atoms with Crippen LogP contribution in [0.2, 0.25) is 0 Å². The molecular formula is C15H10F3N3O5. The van der Waals surface area contributed by atoms with Gasteiger partial charge in [-0.05, 0) is 18.2 Å². The molecule has 0 spiro atoms. The molecule has 0 saturated heterocycles. The van der Waals surface area contributed by atoms with E-state index in [2.05, 4.69) is 5.32 Å². The number of anilines is 2. The van der Waals surface area contributed by atoms with Crippen molar-refractivity contribution in [3.8, 4) is 5.75 Å². The lowest BCUT2D eigenvalue weighted by atomic mass is 10.2. The van der Waals surface area contributed by atoms with E-state index in [9.17, 15) is 32.9 Å². The van der Waals surface area contributed by atoms with Crippen molar-refractivity contribution in [1.29, 1.82) is 0 Å². The van der Waals surface area contributed by atoms with E-state index in [1.54, 1.807) is 5.32 Å². The number of nitro groups is 1. The largest absolute Gasteiger partial charge is 0.494 e. The molecule has 2 N–H and O–H groups in total. The van der Waals surface area contributed by atoms with Gasteiger partial charge in [0.2, 0.25) is 0 Å². The Kier molecular flexibility index (Phi) is 5.40. The fraction of sp³-hybridized carbons (Fsp3) is 0.0667. The average molecular weight is 369 g/mol. The monoisotopic (exact) mass is 369 g/mol. The summed E-state index contributed by atoms with van der Waals surface area (Å²) in [5.74, 6) is -7.70. The molecule has 2 rings (SSSR count). The molecule has 2 aromatic rings. The van der Waals surface area contributed by atoms with Crippen LogP contribution >= 0.6 is 0 Å². The number of amides is 2. The van der Waals surface area contributed by atoms with Crippen LogP contribution in [-0.4, -0.2) is 23.8 Å². The number of hydrogen-bond donors (Lipinski definition) is 2. The number of hydrogen-bond acceptors (Lipinski definition) is 5. The summed E-state index contributed by atoms with van der Waals surface area (Å²) >= 11 is 0. The Bertz CT molecular complexity index is 904. The number of nitrogens with one attached hydrogen (secondary N) is 2. The maximum Gasteiger partial charge on any atom is 0.314 e. The van der Waals surface area contributed by atoms with Gasteiger partial charge in [0.25, 0.3) is 5.69 Å². The smallest absolute Gasteiger partial charge is 0.314 e. The van der Waals surface area contributed by atoms with Crippen molar-refractivity contribution in [2.45, 2.75) is 0 Å². The Balaban J connectivity index is 2.16. The molecule has 0 aliphatic heterocycles. The number of ether oxygens (including phenoxy) is 1. The second-order valence-corrected chi connectivity index (χ2v) is 4.77. The molecule has 0 fully saturated rings. The highest BCUT2D eigenvalue weighted by Crippen LogP contribution is 2.29. The highest BCUT2D eigenvalue weighted by atomic mass is 19.2. The molecule has 2 amide bonds. The maximum absolute atomic E-state index is 13.5. The Morgan fingerprint density at radius 2 is 1.58 bits per heavy atom. The van der Waals surface area contributed by atoms with Gasteiger partial charge in [-0.1, -0.05) is 0 Å². The van der Waals surface area contributed by atoms with Crippen LogP contribution < -0.4 is 15.4 Å². The van der Waals surface area contributed by atoms with Crippen molar-refractivity contribution in [3.05, 3.63) is 57.9 Å². The van der Waals surface area contributed by atoms with Crippen LogP contribution in [0.5, 0.6) is 5.75 Å². The summed E-state index contributed by atoms with van der Waals surface area (Å²) in [6.07, 6.45) is 0. The number of carbonyl (C=O) groups excluding carboxylic acids is 2. The number of halogens is 3. The summed E-state index contributed by atoms with van der Waals surface area (Å²) in [6, 6.07) is 4.52. The van der Waals surface area contributed by atoms with E-state index >= 15 is 0 Å². The summed E-state index contributed by atoms with van der Waals surface area (Å²) in [5.41, 5.74) is -1.11. The Labute approximate surface area is 143 Å². The van der Waals surface area contributed by atoms with Gasteiger partial charge in [0.1, 0.15) is 5.75 Å². The molecule has 0 heterocycles. The second-order valence-electron chi connectivity index (χ2n) is 4.77. The number of non-ortho nitro benzene ring substituents is 1. The molecular weight excluding hydrogens is 359 g/mol. The third-order valence-corrected chi connectivity index (χ3v) is 3.13. The van der Waals surface area contributed by atoms with Gasteiger partial charge < -0.3 is 15.4 Å². The first-order valence-corrected chi connectivity index (χ1v) is 6.83. The fourth-order valence-electron chi connectivity index (χ4n) is 1.88. The molecule has 0 atom stereocenters. The fourth-order valence-corrected chi connectivity index (χ4v) is 1.88.